The van der Waals surface area contributed by atoms with E-state index in [9.17, 15) is 9.59 Å². The summed E-state index contributed by atoms with van der Waals surface area (Å²) < 4.78 is 6.76. The monoisotopic (exact) mass is 419 g/mol. The Kier molecular flexibility index (Phi) is 7.60. The molecule has 3 rings (SSSR count). The van der Waals surface area contributed by atoms with Gasteiger partial charge in [-0.1, -0.05) is 31.5 Å². The van der Waals surface area contributed by atoms with Crippen LogP contribution in [0.15, 0.2) is 71.5 Å². The molecule has 1 unspecified atom stereocenters. The van der Waals surface area contributed by atoms with Gasteiger partial charge in [0.25, 0.3) is 11.5 Å². The van der Waals surface area contributed by atoms with Crippen molar-refractivity contribution in [3.05, 3.63) is 77.1 Å². The first-order valence-corrected chi connectivity index (χ1v) is 10.7. The molecule has 0 saturated carbocycles. The Morgan fingerprint density at radius 1 is 1.03 bits per heavy atom. The molecule has 0 aliphatic heterocycles. The summed E-state index contributed by atoms with van der Waals surface area (Å²) in [6, 6.07) is 19.5. The van der Waals surface area contributed by atoms with E-state index in [2.05, 4.69) is 12.0 Å². The lowest BCUT2D eigenvalue weighted by atomic mass is 10.1. The van der Waals surface area contributed by atoms with Crippen molar-refractivity contribution in [2.75, 3.05) is 18.1 Å². The predicted octanol–water partition coefficient (Wildman–Crippen LogP) is 4.70. The van der Waals surface area contributed by atoms with Gasteiger partial charge in [-0.3, -0.25) is 9.59 Å². The standard InChI is InChI=1S/C25H29N3O3/c1-4-6-18-27(21-10-8-7-9-11-21)25(30)19(3)28-24(29)17-16-23(26-28)20-12-14-22(15-13-20)31-5-2/h7-17,19H,4-6,18H2,1-3H3. The van der Waals surface area contributed by atoms with Gasteiger partial charge >= 0.3 is 0 Å². The first-order valence-electron chi connectivity index (χ1n) is 10.7. The number of amides is 1. The molecule has 1 atom stereocenters. The van der Waals surface area contributed by atoms with Crippen LogP contribution in [0.5, 0.6) is 5.75 Å². The Morgan fingerprint density at radius 3 is 2.39 bits per heavy atom. The topological polar surface area (TPSA) is 64.4 Å². The van der Waals surface area contributed by atoms with Crippen molar-refractivity contribution in [2.45, 2.75) is 39.7 Å². The zero-order valence-corrected chi connectivity index (χ0v) is 18.3. The molecule has 6 heteroatoms. The quantitative estimate of drug-likeness (QED) is 0.504. The molecule has 0 fully saturated rings. The second-order valence-corrected chi connectivity index (χ2v) is 7.31. The molecule has 1 amide bonds. The van der Waals surface area contributed by atoms with Crippen LogP contribution in [0.4, 0.5) is 5.69 Å². The minimum absolute atomic E-state index is 0.155. The summed E-state index contributed by atoms with van der Waals surface area (Å²) in [6.45, 7) is 6.93. The van der Waals surface area contributed by atoms with Crippen molar-refractivity contribution in [3.63, 3.8) is 0 Å². The second kappa shape index (κ2) is 10.6. The number of unbranched alkanes of at least 4 members (excludes halogenated alkanes) is 1. The number of rotatable bonds is 9. The Balaban J connectivity index is 1.90. The fourth-order valence-electron chi connectivity index (χ4n) is 3.37. The largest absolute Gasteiger partial charge is 0.494 e. The molecule has 2 aromatic carbocycles. The maximum atomic E-state index is 13.4. The van der Waals surface area contributed by atoms with Crippen LogP contribution in [-0.4, -0.2) is 28.8 Å². The summed E-state index contributed by atoms with van der Waals surface area (Å²) in [5.74, 6) is 0.621. The molecule has 0 radical (unpaired) electrons. The molecule has 0 N–H and O–H groups in total. The molecule has 0 saturated heterocycles. The van der Waals surface area contributed by atoms with Gasteiger partial charge in [0, 0.05) is 23.9 Å². The summed E-state index contributed by atoms with van der Waals surface area (Å²) in [5.41, 5.74) is 1.99. The van der Waals surface area contributed by atoms with Crippen molar-refractivity contribution in [1.82, 2.24) is 9.78 Å². The Morgan fingerprint density at radius 2 is 1.74 bits per heavy atom. The molecule has 1 aromatic heterocycles. The van der Waals surface area contributed by atoms with E-state index in [4.69, 9.17) is 4.74 Å². The van der Waals surface area contributed by atoms with E-state index < -0.39 is 6.04 Å². The highest BCUT2D eigenvalue weighted by molar-refractivity contribution is 5.95. The van der Waals surface area contributed by atoms with Gasteiger partial charge < -0.3 is 9.64 Å². The maximum absolute atomic E-state index is 13.4. The third kappa shape index (κ3) is 5.40. The Bertz CT molecular complexity index is 1050. The lowest BCUT2D eigenvalue weighted by Crippen LogP contribution is -2.40. The van der Waals surface area contributed by atoms with Gasteiger partial charge in [0.1, 0.15) is 11.8 Å². The predicted molar refractivity (Wildman–Crippen MR) is 124 cm³/mol. The summed E-state index contributed by atoms with van der Waals surface area (Å²) in [4.78, 5) is 27.7. The number of para-hydroxylation sites is 1. The van der Waals surface area contributed by atoms with Crippen molar-refractivity contribution >= 4 is 11.6 Å². The van der Waals surface area contributed by atoms with Crippen LogP contribution < -0.4 is 15.2 Å². The third-order valence-corrected chi connectivity index (χ3v) is 5.08. The fourth-order valence-corrected chi connectivity index (χ4v) is 3.37. The van der Waals surface area contributed by atoms with E-state index in [1.54, 1.807) is 17.9 Å². The summed E-state index contributed by atoms with van der Waals surface area (Å²) >= 11 is 0. The van der Waals surface area contributed by atoms with E-state index in [0.29, 0.717) is 18.8 Å². The van der Waals surface area contributed by atoms with Crippen LogP contribution in [0.2, 0.25) is 0 Å². The molecule has 31 heavy (non-hydrogen) atoms. The van der Waals surface area contributed by atoms with Gasteiger partial charge in [0.15, 0.2) is 0 Å². The first-order chi connectivity index (χ1) is 15.0. The zero-order chi connectivity index (χ0) is 22.2. The molecule has 0 aliphatic rings. The van der Waals surface area contributed by atoms with Crippen molar-refractivity contribution in [2.24, 2.45) is 0 Å². The molecule has 6 nitrogen and oxygen atoms in total. The molecule has 0 bridgehead atoms. The second-order valence-electron chi connectivity index (χ2n) is 7.31. The molecule has 3 aromatic rings. The first kappa shape index (κ1) is 22.3. The number of nitrogens with zero attached hydrogens (tertiary/aromatic N) is 3. The molecule has 0 spiro atoms. The number of carbonyl (C=O) groups excluding carboxylic acids is 1. The number of aromatic nitrogens is 2. The number of ether oxygens (including phenoxy) is 1. The molecule has 0 aliphatic carbocycles. The number of hydrogen-bond acceptors (Lipinski definition) is 4. The normalized spacial score (nSPS) is 11.7. The lowest BCUT2D eigenvalue weighted by molar-refractivity contribution is -0.121. The smallest absolute Gasteiger partial charge is 0.267 e. The van der Waals surface area contributed by atoms with E-state index >= 15 is 0 Å². The number of carbonyl (C=O) groups is 1. The van der Waals surface area contributed by atoms with Crippen LogP contribution in [0.1, 0.15) is 39.7 Å². The minimum Gasteiger partial charge on any atom is -0.494 e. The van der Waals surface area contributed by atoms with Crippen molar-refractivity contribution in [1.29, 1.82) is 0 Å². The summed E-state index contributed by atoms with van der Waals surface area (Å²) in [5, 5.41) is 4.51. The van der Waals surface area contributed by atoms with Crippen LogP contribution in [0.3, 0.4) is 0 Å². The van der Waals surface area contributed by atoms with Gasteiger partial charge in [-0.15, -0.1) is 0 Å². The highest BCUT2D eigenvalue weighted by atomic mass is 16.5. The van der Waals surface area contributed by atoms with Crippen LogP contribution >= 0.6 is 0 Å². The van der Waals surface area contributed by atoms with E-state index in [1.165, 1.54) is 10.7 Å². The minimum atomic E-state index is -0.729. The number of anilines is 1. The maximum Gasteiger partial charge on any atom is 0.267 e. The van der Waals surface area contributed by atoms with Crippen LogP contribution in [0.25, 0.3) is 11.3 Å². The van der Waals surface area contributed by atoms with Gasteiger partial charge in [-0.2, -0.15) is 5.10 Å². The van der Waals surface area contributed by atoms with Gasteiger partial charge in [0.2, 0.25) is 0 Å². The highest BCUT2D eigenvalue weighted by Crippen LogP contribution is 2.22. The molecular weight excluding hydrogens is 390 g/mol. The van der Waals surface area contributed by atoms with Crippen molar-refractivity contribution < 1.29 is 9.53 Å². The number of hydrogen-bond donors (Lipinski definition) is 0. The SMILES string of the molecule is CCCCN(C(=O)C(C)n1nc(-c2ccc(OCC)cc2)ccc1=O)c1ccccc1. The van der Waals surface area contributed by atoms with Crippen LogP contribution in [-0.2, 0) is 4.79 Å². The Hall–Kier alpha value is -3.41. The average Bonchev–Trinajstić information content (AvgIpc) is 2.80. The van der Waals surface area contributed by atoms with Gasteiger partial charge in [0.05, 0.1) is 12.3 Å². The fraction of sp³-hybridized carbons (Fsp3) is 0.320. The third-order valence-electron chi connectivity index (χ3n) is 5.08. The molecular formula is C25H29N3O3. The number of benzene rings is 2. The van der Waals surface area contributed by atoms with Gasteiger partial charge in [-0.05, 0) is 62.7 Å². The van der Waals surface area contributed by atoms with E-state index in [-0.39, 0.29) is 11.5 Å². The van der Waals surface area contributed by atoms with Crippen LogP contribution in [0, 0.1) is 0 Å². The molecule has 1 heterocycles. The zero-order valence-electron chi connectivity index (χ0n) is 18.3. The van der Waals surface area contributed by atoms with E-state index in [1.807, 2.05) is 61.5 Å². The Labute approximate surface area is 183 Å². The summed E-state index contributed by atoms with van der Waals surface area (Å²) in [7, 11) is 0. The lowest BCUT2D eigenvalue weighted by Gasteiger charge is -2.26. The highest BCUT2D eigenvalue weighted by Gasteiger charge is 2.25. The average molecular weight is 420 g/mol. The van der Waals surface area contributed by atoms with Crippen molar-refractivity contribution in [3.8, 4) is 17.0 Å². The summed E-state index contributed by atoms with van der Waals surface area (Å²) in [6.07, 6.45) is 1.85. The van der Waals surface area contributed by atoms with E-state index in [0.717, 1.165) is 29.8 Å². The molecule has 162 valence electrons. The van der Waals surface area contributed by atoms with Gasteiger partial charge in [-0.25, -0.2) is 4.68 Å².